The van der Waals surface area contributed by atoms with Crippen LogP contribution in [0.25, 0.3) is 0 Å². The molecule has 2 N–H and O–H groups in total. The molecule has 5 heteroatoms. The first-order valence-corrected chi connectivity index (χ1v) is 5.77. The summed E-state index contributed by atoms with van der Waals surface area (Å²) in [6.45, 7) is 4.11. The molecule has 0 aromatic carbocycles. The molecule has 0 bridgehead atoms. The second-order valence-corrected chi connectivity index (χ2v) is 5.30. The average molecular weight is 194 g/mol. The maximum absolute atomic E-state index is 11.2. The quantitative estimate of drug-likeness (QED) is 0.685. The van der Waals surface area contributed by atoms with Gasteiger partial charge in [-0.15, -0.1) is 0 Å². The Hall–Kier alpha value is -0.130. The highest BCUT2D eigenvalue weighted by molar-refractivity contribution is 7.88. The zero-order chi connectivity index (χ0) is 9.99. The summed E-state index contributed by atoms with van der Waals surface area (Å²) in [5, 5.41) is 0. The van der Waals surface area contributed by atoms with Crippen molar-refractivity contribution >= 4 is 10.0 Å². The summed E-state index contributed by atoms with van der Waals surface area (Å²) in [6.07, 6.45) is 1.91. The number of sulfonamides is 1. The van der Waals surface area contributed by atoms with Crippen LogP contribution in [-0.2, 0) is 10.0 Å². The van der Waals surface area contributed by atoms with E-state index in [0.717, 1.165) is 0 Å². The Morgan fingerprint density at radius 2 is 1.92 bits per heavy atom. The zero-order valence-corrected chi connectivity index (χ0v) is 8.98. The van der Waals surface area contributed by atoms with Crippen LogP contribution in [0.15, 0.2) is 0 Å². The Morgan fingerprint density at radius 1 is 1.50 bits per heavy atom. The van der Waals surface area contributed by atoms with Gasteiger partial charge in [-0.1, -0.05) is 6.92 Å². The second kappa shape index (κ2) is 3.72. The normalized spacial score (nSPS) is 17.8. The summed E-state index contributed by atoms with van der Waals surface area (Å²) in [5.41, 5.74) is 5.06. The third-order valence-electron chi connectivity index (χ3n) is 2.46. The summed E-state index contributed by atoms with van der Waals surface area (Å²) < 4.78 is 23.7. The van der Waals surface area contributed by atoms with Crippen molar-refractivity contribution in [1.82, 2.24) is 4.31 Å². The summed E-state index contributed by atoms with van der Waals surface area (Å²) in [6, 6.07) is 0. The molecule has 0 aliphatic rings. The molecule has 0 aromatic heterocycles. The van der Waals surface area contributed by atoms with Crippen LogP contribution in [0.3, 0.4) is 0 Å². The number of hydrogen-bond donors (Lipinski definition) is 1. The van der Waals surface area contributed by atoms with Gasteiger partial charge in [-0.25, -0.2) is 8.42 Å². The van der Waals surface area contributed by atoms with Crippen LogP contribution < -0.4 is 5.73 Å². The van der Waals surface area contributed by atoms with E-state index in [0.29, 0.717) is 13.0 Å². The van der Waals surface area contributed by atoms with Gasteiger partial charge >= 0.3 is 0 Å². The van der Waals surface area contributed by atoms with Gasteiger partial charge in [0, 0.05) is 19.1 Å². The van der Waals surface area contributed by atoms with Gasteiger partial charge in [-0.05, 0) is 13.3 Å². The van der Waals surface area contributed by atoms with Crippen LogP contribution in [0.4, 0.5) is 0 Å². The SMILES string of the molecule is CCC(C)(CN)N(C)S(C)(=O)=O. The Bertz CT molecular complexity index is 232. The largest absolute Gasteiger partial charge is 0.329 e. The van der Waals surface area contributed by atoms with E-state index < -0.39 is 15.6 Å². The molecule has 0 aliphatic carbocycles. The van der Waals surface area contributed by atoms with Crippen molar-refractivity contribution in [3.8, 4) is 0 Å². The fourth-order valence-electron chi connectivity index (χ4n) is 0.896. The maximum Gasteiger partial charge on any atom is 0.211 e. The Kier molecular flexibility index (Phi) is 3.68. The molecule has 0 heterocycles. The van der Waals surface area contributed by atoms with E-state index in [-0.39, 0.29) is 0 Å². The number of nitrogens with zero attached hydrogens (tertiary/aromatic N) is 1. The van der Waals surface area contributed by atoms with Gasteiger partial charge in [-0.2, -0.15) is 4.31 Å². The summed E-state index contributed by atoms with van der Waals surface area (Å²) >= 11 is 0. The molecule has 0 aliphatic heterocycles. The van der Waals surface area contributed by atoms with Crippen LogP contribution >= 0.6 is 0 Å². The van der Waals surface area contributed by atoms with E-state index in [1.165, 1.54) is 10.6 Å². The van der Waals surface area contributed by atoms with Crippen molar-refractivity contribution in [2.24, 2.45) is 5.73 Å². The van der Waals surface area contributed by atoms with Gasteiger partial charge in [0.1, 0.15) is 0 Å². The van der Waals surface area contributed by atoms with Crippen molar-refractivity contribution in [2.45, 2.75) is 25.8 Å². The molecule has 0 saturated carbocycles. The minimum absolute atomic E-state index is 0.340. The first-order chi connectivity index (χ1) is 5.28. The highest BCUT2D eigenvalue weighted by Crippen LogP contribution is 2.18. The first kappa shape index (κ1) is 11.9. The minimum Gasteiger partial charge on any atom is -0.329 e. The van der Waals surface area contributed by atoms with Gasteiger partial charge in [0.15, 0.2) is 0 Å². The molecular weight excluding hydrogens is 176 g/mol. The third kappa shape index (κ3) is 2.43. The molecular formula is C7H18N2O2S. The molecule has 0 aromatic rings. The van der Waals surface area contributed by atoms with Crippen LogP contribution in [0, 0.1) is 0 Å². The van der Waals surface area contributed by atoms with Gasteiger partial charge in [0.25, 0.3) is 0 Å². The number of rotatable bonds is 4. The van der Waals surface area contributed by atoms with Crippen molar-refractivity contribution in [1.29, 1.82) is 0 Å². The van der Waals surface area contributed by atoms with Gasteiger partial charge in [0.2, 0.25) is 10.0 Å². The molecule has 0 rings (SSSR count). The van der Waals surface area contributed by atoms with Gasteiger partial charge < -0.3 is 5.73 Å². The molecule has 0 saturated heterocycles. The number of hydrogen-bond acceptors (Lipinski definition) is 3. The molecule has 0 radical (unpaired) electrons. The van der Waals surface area contributed by atoms with Gasteiger partial charge in [-0.3, -0.25) is 0 Å². The first-order valence-electron chi connectivity index (χ1n) is 3.92. The lowest BCUT2D eigenvalue weighted by atomic mass is 10.00. The molecule has 74 valence electrons. The second-order valence-electron chi connectivity index (χ2n) is 3.29. The summed E-state index contributed by atoms with van der Waals surface area (Å²) in [5.74, 6) is 0. The van der Waals surface area contributed by atoms with E-state index in [2.05, 4.69) is 0 Å². The van der Waals surface area contributed by atoms with Crippen molar-refractivity contribution < 1.29 is 8.42 Å². The van der Waals surface area contributed by atoms with Crippen molar-refractivity contribution in [3.63, 3.8) is 0 Å². The molecule has 0 spiro atoms. The standard InChI is InChI=1S/C7H18N2O2S/c1-5-7(2,6-8)9(3)12(4,10)11/h5-6,8H2,1-4H3. The minimum atomic E-state index is -3.13. The Morgan fingerprint density at radius 3 is 2.00 bits per heavy atom. The number of nitrogens with two attached hydrogens (primary N) is 1. The molecule has 0 amide bonds. The monoisotopic (exact) mass is 194 g/mol. The van der Waals surface area contributed by atoms with Crippen LogP contribution in [0.2, 0.25) is 0 Å². The van der Waals surface area contributed by atoms with E-state index in [1.807, 2.05) is 13.8 Å². The van der Waals surface area contributed by atoms with E-state index in [1.54, 1.807) is 7.05 Å². The Labute approximate surface area is 74.8 Å². The topological polar surface area (TPSA) is 63.4 Å². The van der Waals surface area contributed by atoms with Crippen molar-refractivity contribution in [2.75, 3.05) is 19.8 Å². The molecule has 4 nitrogen and oxygen atoms in total. The number of likely N-dealkylation sites (N-methyl/N-ethyl adjacent to an activating group) is 1. The molecule has 1 unspecified atom stereocenters. The van der Waals surface area contributed by atoms with E-state index in [9.17, 15) is 8.42 Å². The molecule has 12 heavy (non-hydrogen) atoms. The predicted octanol–water partition coefficient (Wildman–Crippen LogP) is 0.00520. The molecule has 0 fully saturated rings. The fourth-order valence-corrected chi connectivity index (χ4v) is 1.90. The smallest absolute Gasteiger partial charge is 0.211 e. The lowest BCUT2D eigenvalue weighted by Gasteiger charge is -2.35. The summed E-state index contributed by atoms with van der Waals surface area (Å²) in [7, 11) is -1.57. The molecule has 1 atom stereocenters. The highest BCUT2D eigenvalue weighted by atomic mass is 32.2. The highest BCUT2D eigenvalue weighted by Gasteiger charge is 2.31. The maximum atomic E-state index is 11.2. The van der Waals surface area contributed by atoms with E-state index in [4.69, 9.17) is 5.73 Å². The van der Waals surface area contributed by atoms with Crippen LogP contribution in [0.5, 0.6) is 0 Å². The van der Waals surface area contributed by atoms with Crippen LogP contribution in [0.1, 0.15) is 20.3 Å². The lowest BCUT2D eigenvalue weighted by Crippen LogP contribution is -2.51. The third-order valence-corrected chi connectivity index (χ3v) is 3.89. The predicted molar refractivity (Wildman–Crippen MR) is 50.4 cm³/mol. The van der Waals surface area contributed by atoms with Gasteiger partial charge in [0.05, 0.1) is 6.26 Å². The summed E-state index contributed by atoms with van der Waals surface area (Å²) in [4.78, 5) is 0. The van der Waals surface area contributed by atoms with E-state index >= 15 is 0 Å². The zero-order valence-electron chi connectivity index (χ0n) is 8.16. The van der Waals surface area contributed by atoms with Crippen LogP contribution in [-0.4, -0.2) is 38.1 Å². The fraction of sp³-hybridized carbons (Fsp3) is 1.00. The Balaban J connectivity index is 4.77. The van der Waals surface area contributed by atoms with Crippen molar-refractivity contribution in [3.05, 3.63) is 0 Å². The average Bonchev–Trinajstić information content (AvgIpc) is 2.00. The lowest BCUT2D eigenvalue weighted by molar-refractivity contribution is 0.242.